The molecular weight excluding hydrogens is 338 g/mol. The first-order valence-corrected chi connectivity index (χ1v) is 8.96. The summed E-state index contributed by atoms with van der Waals surface area (Å²) in [5, 5.41) is 0.510. The summed E-state index contributed by atoms with van der Waals surface area (Å²) in [6, 6.07) is 8.97. The molecule has 2 rings (SSSR count). The number of aromatic nitrogens is 2. The SMILES string of the molecule is CCN(CC)c1ccc(C(=O)NNC(=O)CSc2ncccn2)cc1. The lowest BCUT2D eigenvalue weighted by Gasteiger charge is -2.21. The zero-order chi connectivity index (χ0) is 18.1. The van der Waals surface area contributed by atoms with E-state index >= 15 is 0 Å². The van der Waals surface area contributed by atoms with Gasteiger partial charge in [0, 0.05) is 36.7 Å². The molecule has 0 atom stereocenters. The van der Waals surface area contributed by atoms with Crippen molar-refractivity contribution in [2.24, 2.45) is 0 Å². The summed E-state index contributed by atoms with van der Waals surface area (Å²) >= 11 is 1.20. The van der Waals surface area contributed by atoms with Crippen LogP contribution in [0.5, 0.6) is 0 Å². The predicted molar refractivity (Wildman–Crippen MR) is 98.4 cm³/mol. The summed E-state index contributed by atoms with van der Waals surface area (Å²) in [6.07, 6.45) is 3.22. The maximum Gasteiger partial charge on any atom is 0.269 e. The van der Waals surface area contributed by atoms with Crippen molar-refractivity contribution in [3.63, 3.8) is 0 Å². The minimum Gasteiger partial charge on any atom is -0.372 e. The van der Waals surface area contributed by atoms with Crippen molar-refractivity contribution in [2.45, 2.75) is 19.0 Å². The van der Waals surface area contributed by atoms with E-state index in [0.29, 0.717) is 10.7 Å². The van der Waals surface area contributed by atoms with Crippen LogP contribution in [0.2, 0.25) is 0 Å². The maximum atomic E-state index is 12.1. The normalized spacial score (nSPS) is 10.2. The van der Waals surface area contributed by atoms with Gasteiger partial charge in [0.25, 0.3) is 5.91 Å². The topological polar surface area (TPSA) is 87.2 Å². The predicted octanol–water partition coefficient (Wildman–Crippen LogP) is 1.88. The molecule has 0 aliphatic heterocycles. The Balaban J connectivity index is 1.80. The molecular formula is C17H21N5O2S. The van der Waals surface area contributed by atoms with Crippen molar-refractivity contribution in [1.29, 1.82) is 0 Å². The zero-order valence-corrected chi connectivity index (χ0v) is 15.0. The molecule has 0 radical (unpaired) electrons. The number of anilines is 1. The van der Waals surface area contributed by atoms with Crippen molar-refractivity contribution in [3.8, 4) is 0 Å². The maximum absolute atomic E-state index is 12.1. The highest BCUT2D eigenvalue weighted by molar-refractivity contribution is 7.99. The van der Waals surface area contributed by atoms with Gasteiger partial charge in [0.1, 0.15) is 0 Å². The Morgan fingerprint density at radius 3 is 2.28 bits per heavy atom. The van der Waals surface area contributed by atoms with Crippen molar-refractivity contribution in [2.75, 3.05) is 23.7 Å². The Labute approximate surface area is 151 Å². The molecule has 2 aromatic rings. The van der Waals surface area contributed by atoms with Gasteiger partial charge in [-0.05, 0) is 44.2 Å². The molecule has 1 aromatic carbocycles. The number of amides is 2. The number of benzene rings is 1. The highest BCUT2D eigenvalue weighted by atomic mass is 32.2. The van der Waals surface area contributed by atoms with Crippen LogP contribution < -0.4 is 15.8 Å². The van der Waals surface area contributed by atoms with Gasteiger partial charge >= 0.3 is 0 Å². The molecule has 1 heterocycles. The third kappa shape index (κ3) is 5.75. The molecule has 0 unspecified atom stereocenters. The van der Waals surface area contributed by atoms with Crippen LogP contribution in [0.25, 0.3) is 0 Å². The van der Waals surface area contributed by atoms with Crippen LogP contribution in [0, 0.1) is 0 Å². The van der Waals surface area contributed by atoms with Crippen LogP contribution >= 0.6 is 11.8 Å². The average Bonchev–Trinajstić information content (AvgIpc) is 2.67. The Morgan fingerprint density at radius 1 is 1.04 bits per heavy atom. The van der Waals surface area contributed by atoms with Gasteiger partial charge in [0.15, 0.2) is 5.16 Å². The summed E-state index contributed by atoms with van der Waals surface area (Å²) in [6.45, 7) is 5.97. The molecule has 8 heteroatoms. The third-order valence-corrected chi connectivity index (χ3v) is 4.32. The molecule has 0 fully saturated rings. The monoisotopic (exact) mass is 359 g/mol. The third-order valence-electron chi connectivity index (χ3n) is 3.45. The molecule has 0 aliphatic rings. The minimum absolute atomic E-state index is 0.116. The number of carbonyl (C=O) groups excluding carboxylic acids is 2. The molecule has 132 valence electrons. The second-order valence-corrected chi connectivity index (χ2v) is 5.98. The van der Waals surface area contributed by atoms with E-state index < -0.39 is 0 Å². The standard InChI is InChI=1S/C17H21N5O2S/c1-3-22(4-2)14-8-6-13(7-9-14)16(24)21-20-15(23)12-25-17-18-10-5-11-19-17/h5-11H,3-4,12H2,1-2H3,(H,20,23)(H,21,24). The number of hydrazine groups is 1. The molecule has 2 N–H and O–H groups in total. The average molecular weight is 359 g/mol. The summed E-state index contributed by atoms with van der Waals surface area (Å²) in [5.41, 5.74) is 6.33. The van der Waals surface area contributed by atoms with Gasteiger partial charge in [-0.1, -0.05) is 11.8 Å². The van der Waals surface area contributed by atoms with Gasteiger partial charge in [-0.25, -0.2) is 9.97 Å². The molecule has 0 saturated carbocycles. The summed E-state index contributed by atoms with van der Waals surface area (Å²) in [5.74, 6) is -0.573. The fourth-order valence-electron chi connectivity index (χ4n) is 2.14. The van der Waals surface area contributed by atoms with Crippen molar-refractivity contribution < 1.29 is 9.59 Å². The van der Waals surface area contributed by atoms with E-state index in [1.807, 2.05) is 12.1 Å². The van der Waals surface area contributed by atoms with Crippen molar-refractivity contribution in [1.82, 2.24) is 20.8 Å². The second kappa shape index (κ2) is 9.63. The Bertz CT molecular complexity index is 690. The van der Waals surface area contributed by atoms with E-state index in [4.69, 9.17) is 0 Å². The largest absolute Gasteiger partial charge is 0.372 e. The van der Waals surface area contributed by atoms with Gasteiger partial charge in [0.05, 0.1) is 5.75 Å². The number of nitrogens with zero attached hydrogens (tertiary/aromatic N) is 3. The van der Waals surface area contributed by atoms with Crippen LogP contribution in [-0.4, -0.2) is 40.6 Å². The highest BCUT2D eigenvalue weighted by Gasteiger charge is 2.09. The number of carbonyl (C=O) groups is 2. The molecule has 1 aromatic heterocycles. The smallest absolute Gasteiger partial charge is 0.269 e. The van der Waals surface area contributed by atoms with Gasteiger partial charge in [-0.15, -0.1) is 0 Å². The number of thioether (sulfide) groups is 1. The van der Waals surface area contributed by atoms with Gasteiger partial charge in [-0.2, -0.15) is 0 Å². The number of nitrogens with one attached hydrogen (secondary N) is 2. The summed E-state index contributed by atoms with van der Waals surface area (Å²) < 4.78 is 0. The molecule has 7 nitrogen and oxygen atoms in total. The lowest BCUT2D eigenvalue weighted by atomic mass is 10.2. The zero-order valence-electron chi connectivity index (χ0n) is 14.2. The first kappa shape index (κ1) is 18.7. The molecule has 0 aliphatic carbocycles. The minimum atomic E-state index is -0.361. The Kier molecular flexibility index (Phi) is 7.21. The fraction of sp³-hybridized carbons (Fsp3) is 0.294. The van der Waals surface area contributed by atoms with E-state index in [1.54, 1.807) is 30.6 Å². The van der Waals surface area contributed by atoms with Gasteiger partial charge in [0.2, 0.25) is 5.91 Å². The second-order valence-electron chi connectivity index (χ2n) is 5.04. The van der Waals surface area contributed by atoms with Crippen LogP contribution in [0.3, 0.4) is 0 Å². The van der Waals surface area contributed by atoms with E-state index in [-0.39, 0.29) is 17.6 Å². The number of hydrogen-bond donors (Lipinski definition) is 2. The quantitative estimate of drug-likeness (QED) is 0.446. The Hall–Kier alpha value is -2.61. The molecule has 0 bridgehead atoms. The van der Waals surface area contributed by atoms with Crippen LogP contribution in [0.15, 0.2) is 47.9 Å². The Morgan fingerprint density at radius 2 is 1.68 bits per heavy atom. The lowest BCUT2D eigenvalue weighted by molar-refractivity contribution is -0.119. The molecule has 2 amide bonds. The van der Waals surface area contributed by atoms with E-state index in [1.165, 1.54) is 11.8 Å². The first-order chi connectivity index (χ1) is 12.1. The summed E-state index contributed by atoms with van der Waals surface area (Å²) in [7, 11) is 0. The van der Waals surface area contributed by atoms with E-state index in [0.717, 1.165) is 18.8 Å². The summed E-state index contributed by atoms with van der Waals surface area (Å²) in [4.78, 5) is 34.0. The van der Waals surface area contributed by atoms with Crippen molar-refractivity contribution >= 4 is 29.3 Å². The van der Waals surface area contributed by atoms with Crippen LogP contribution in [0.1, 0.15) is 24.2 Å². The van der Waals surface area contributed by atoms with Crippen LogP contribution in [-0.2, 0) is 4.79 Å². The first-order valence-electron chi connectivity index (χ1n) is 7.98. The molecule has 0 saturated heterocycles. The van der Waals surface area contributed by atoms with E-state index in [2.05, 4.69) is 39.6 Å². The fourth-order valence-corrected chi connectivity index (χ4v) is 2.74. The lowest BCUT2D eigenvalue weighted by Crippen LogP contribution is -2.42. The van der Waals surface area contributed by atoms with E-state index in [9.17, 15) is 9.59 Å². The number of rotatable bonds is 7. The van der Waals surface area contributed by atoms with Gasteiger partial charge in [-0.3, -0.25) is 20.4 Å². The highest BCUT2D eigenvalue weighted by Crippen LogP contribution is 2.14. The van der Waals surface area contributed by atoms with Crippen LogP contribution in [0.4, 0.5) is 5.69 Å². The molecule has 25 heavy (non-hydrogen) atoms. The van der Waals surface area contributed by atoms with Crippen molar-refractivity contribution in [3.05, 3.63) is 48.3 Å². The molecule has 0 spiro atoms. The van der Waals surface area contributed by atoms with Gasteiger partial charge < -0.3 is 4.90 Å². The number of hydrogen-bond acceptors (Lipinski definition) is 6.